The Morgan fingerprint density at radius 3 is 1.57 bits per heavy atom. The molecule has 0 bridgehead atoms. The van der Waals surface area contributed by atoms with Gasteiger partial charge in [0.05, 0.1) is 7.11 Å². The number of carbonyl (C=O) groups is 2. The van der Waals surface area contributed by atoms with Crippen LogP contribution in [0.2, 0.25) is 0 Å². The average Bonchev–Trinajstić information content (AvgIpc) is 2.49. The third-order valence-electron chi connectivity index (χ3n) is 3.87. The Hall–Kier alpha value is -0.860. The number of hydrogen-bond donors (Lipinski definition) is 0. The first kappa shape index (κ1) is 20.1. The first-order valence-corrected chi connectivity index (χ1v) is 8.79. The fourth-order valence-electron chi connectivity index (χ4n) is 2.45. The molecule has 0 aliphatic carbocycles. The Balaban J connectivity index is 3.15. The van der Waals surface area contributed by atoms with Crippen LogP contribution in [0.25, 0.3) is 0 Å². The van der Waals surface area contributed by atoms with Crippen LogP contribution in [0.3, 0.4) is 0 Å². The van der Waals surface area contributed by atoms with E-state index in [4.69, 9.17) is 0 Å². The molecule has 3 heteroatoms. The molecule has 0 N–H and O–H groups in total. The zero-order valence-electron chi connectivity index (χ0n) is 14.1. The van der Waals surface area contributed by atoms with Crippen LogP contribution in [-0.4, -0.2) is 18.9 Å². The van der Waals surface area contributed by atoms with Gasteiger partial charge in [-0.05, 0) is 19.3 Å². The molecular weight excluding hydrogens is 264 g/mol. The molecule has 0 aliphatic heterocycles. The predicted octanol–water partition coefficient (Wildman–Crippen LogP) is 5.21. The van der Waals surface area contributed by atoms with E-state index in [2.05, 4.69) is 11.7 Å². The SMILES string of the molecule is CCCCCC(=O)CCCCCCCCCCC(=O)OC. The topological polar surface area (TPSA) is 43.4 Å². The molecule has 0 atom stereocenters. The molecule has 0 aromatic carbocycles. The van der Waals surface area contributed by atoms with E-state index in [0.29, 0.717) is 12.2 Å². The smallest absolute Gasteiger partial charge is 0.305 e. The molecule has 0 saturated carbocycles. The summed E-state index contributed by atoms with van der Waals surface area (Å²) in [6, 6.07) is 0. The summed E-state index contributed by atoms with van der Waals surface area (Å²) < 4.78 is 4.61. The van der Waals surface area contributed by atoms with Gasteiger partial charge in [-0.1, -0.05) is 58.3 Å². The van der Waals surface area contributed by atoms with Crippen molar-refractivity contribution in [3.63, 3.8) is 0 Å². The minimum absolute atomic E-state index is 0.0985. The second kappa shape index (κ2) is 15.5. The van der Waals surface area contributed by atoms with Crippen molar-refractivity contribution in [2.45, 2.75) is 96.8 Å². The Morgan fingerprint density at radius 1 is 0.667 bits per heavy atom. The molecule has 0 aromatic rings. The molecule has 124 valence electrons. The van der Waals surface area contributed by atoms with E-state index in [-0.39, 0.29) is 5.97 Å². The zero-order chi connectivity index (χ0) is 15.8. The van der Waals surface area contributed by atoms with Gasteiger partial charge in [0, 0.05) is 19.3 Å². The number of rotatable bonds is 15. The van der Waals surface area contributed by atoms with Crippen molar-refractivity contribution in [3.05, 3.63) is 0 Å². The number of carbonyl (C=O) groups excluding carboxylic acids is 2. The summed E-state index contributed by atoms with van der Waals surface area (Å²) in [6.07, 6.45) is 14.8. The maximum atomic E-state index is 11.6. The highest BCUT2D eigenvalue weighted by Gasteiger charge is 2.01. The lowest BCUT2D eigenvalue weighted by Gasteiger charge is -2.03. The van der Waals surface area contributed by atoms with Crippen molar-refractivity contribution in [1.82, 2.24) is 0 Å². The first-order chi connectivity index (χ1) is 10.2. The Bertz CT molecular complexity index is 261. The fraction of sp³-hybridized carbons (Fsp3) is 0.889. The van der Waals surface area contributed by atoms with Crippen molar-refractivity contribution in [1.29, 1.82) is 0 Å². The number of unbranched alkanes of at least 4 members (excludes halogenated alkanes) is 9. The second-order valence-electron chi connectivity index (χ2n) is 5.90. The number of ketones is 1. The third kappa shape index (κ3) is 15.3. The maximum absolute atomic E-state index is 11.6. The molecule has 0 spiro atoms. The fourth-order valence-corrected chi connectivity index (χ4v) is 2.45. The summed E-state index contributed by atoms with van der Waals surface area (Å²) in [5.41, 5.74) is 0. The van der Waals surface area contributed by atoms with Gasteiger partial charge in [0.25, 0.3) is 0 Å². The molecule has 0 rings (SSSR count). The van der Waals surface area contributed by atoms with Crippen LogP contribution < -0.4 is 0 Å². The third-order valence-corrected chi connectivity index (χ3v) is 3.87. The minimum atomic E-state index is -0.0985. The van der Waals surface area contributed by atoms with E-state index in [1.165, 1.54) is 52.1 Å². The summed E-state index contributed by atoms with van der Waals surface area (Å²) in [5.74, 6) is 0.352. The van der Waals surface area contributed by atoms with Gasteiger partial charge in [-0.15, -0.1) is 0 Å². The van der Waals surface area contributed by atoms with Crippen molar-refractivity contribution >= 4 is 11.8 Å². The van der Waals surface area contributed by atoms with E-state index in [9.17, 15) is 9.59 Å². The van der Waals surface area contributed by atoms with Crippen molar-refractivity contribution in [3.8, 4) is 0 Å². The van der Waals surface area contributed by atoms with Crippen LogP contribution in [0.4, 0.5) is 0 Å². The van der Waals surface area contributed by atoms with Crippen LogP contribution in [0, 0.1) is 0 Å². The highest BCUT2D eigenvalue weighted by Crippen LogP contribution is 2.12. The lowest BCUT2D eigenvalue weighted by molar-refractivity contribution is -0.140. The van der Waals surface area contributed by atoms with Gasteiger partial charge in [-0.25, -0.2) is 0 Å². The van der Waals surface area contributed by atoms with Crippen LogP contribution >= 0.6 is 0 Å². The van der Waals surface area contributed by atoms with Crippen molar-refractivity contribution in [2.24, 2.45) is 0 Å². The molecule has 0 aliphatic rings. The van der Waals surface area contributed by atoms with Gasteiger partial charge in [0.1, 0.15) is 5.78 Å². The number of Topliss-reactive ketones (excluding diaryl/α,β-unsaturated/α-hetero) is 1. The van der Waals surface area contributed by atoms with Gasteiger partial charge in [-0.3, -0.25) is 9.59 Å². The number of ether oxygens (including phenoxy) is 1. The van der Waals surface area contributed by atoms with Crippen molar-refractivity contribution < 1.29 is 14.3 Å². The summed E-state index contributed by atoms with van der Waals surface area (Å²) in [4.78, 5) is 22.5. The predicted molar refractivity (Wildman–Crippen MR) is 87.3 cm³/mol. The average molecular weight is 298 g/mol. The quantitative estimate of drug-likeness (QED) is 0.308. The Labute approximate surface area is 130 Å². The number of methoxy groups -OCH3 is 1. The van der Waals surface area contributed by atoms with Gasteiger partial charge < -0.3 is 4.74 Å². The summed E-state index contributed by atoms with van der Waals surface area (Å²) in [7, 11) is 1.44. The molecule has 0 amide bonds. The lowest BCUT2D eigenvalue weighted by Crippen LogP contribution is -1.99. The Kier molecular flexibility index (Phi) is 14.9. The number of hydrogen-bond acceptors (Lipinski definition) is 3. The largest absolute Gasteiger partial charge is 0.469 e. The summed E-state index contributed by atoms with van der Waals surface area (Å²) in [6.45, 7) is 2.17. The van der Waals surface area contributed by atoms with Crippen LogP contribution in [0.15, 0.2) is 0 Å². The second-order valence-corrected chi connectivity index (χ2v) is 5.90. The van der Waals surface area contributed by atoms with Gasteiger partial charge in [0.2, 0.25) is 0 Å². The number of esters is 1. The zero-order valence-corrected chi connectivity index (χ0v) is 14.1. The molecule has 0 heterocycles. The monoisotopic (exact) mass is 298 g/mol. The van der Waals surface area contributed by atoms with E-state index in [1.54, 1.807) is 0 Å². The normalized spacial score (nSPS) is 10.6. The molecule has 0 unspecified atom stereocenters. The standard InChI is InChI=1S/C18H34O3/c1-3-4-11-14-17(19)15-12-9-7-5-6-8-10-13-16-18(20)21-2/h3-16H2,1-2H3. The van der Waals surface area contributed by atoms with Crippen LogP contribution in [0.1, 0.15) is 96.8 Å². The molecular formula is C18H34O3. The van der Waals surface area contributed by atoms with E-state index in [0.717, 1.165) is 38.5 Å². The first-order valence-electron chi connectivity index (χ1n) is 8.79. The van der Waals surface area contributed by atoms with Crippen LogP contribution in [-0.2, 0) is 14.3 Å². The maximum Gasteiger partial charge on any atom is 0.305 e. The minimum Gasteiger partial charge on any atom is -0.469 e. The highest BCUT2D eigenvalue weighted by atomic mass is 16.5. The van der Waals surface area contributed by atoms with E-state index < -0.39 is 0 Å². The molecule has 0 saturated heterocycles. The molecule has 0 fully saturated rings. The summed E-state index contributed by atoms with van der Waals surface area (Å²) >= 11 is 0. The van der Waals surface area contributed by atoms with Gasteiger partial charge in [-0.2, -0.15) is 0 Å². The van der Waals surface area contributed by atoms with Crippen LogP contribution in [0.5, 0.6) is 0 Å². The molecule has 0 radical (unpaired) electrons. The molecule has 21 heavy (non-hydrogen) atoms. The van der Waals surface area contributed by atoms with Gasteiger partial charge >= 0.3 is 5.97 Å². The lowest BCUT2D eigenvalue weighted by atomic mass is 10.0. The molecule has 0 aromatic heterocycles. The van der Waals surface area contributed by atoms with E-state index >= 15 is 0 Å². The highest BCUT2D eigenvalue weighted by molar-refractivity contribution is 5.78. The summed E-state index contributed by atoms with van der Waals surface area (Å²) in [5, 5.41) is 0. The van der Waals surface area contributed by atoms with Gasteiger partial charge in [0.15, 0.2) is 0 Å². The van der Waals surface area contributed by atoms with E-state index in [1.807, 2.05) is 0 Å². The Morgan fingerprint density at radius 2 is 1.10 bits per heavy atom. The molecule has 3 nitrogen and oxygen atoms in total. The van der Waals surface area contributed by atoms with Crippen molar-refractivity contribution in [2.75, 3.05) is 7.11 Å².